The molecule has 6 nitrogen and oxygen atoms in total. The highest BCUT2D eigenvalue weighted by Crippen LogP contribution is 2.00. The van der Waals surface area contributed by atoms with Gasteiger partial charge in [0.1, 0.15) is 0 Å². The van der Waals surface area contributed by atoms with Gasteiger partial charge in [-0.15, -0.1) is 0 Å². The molecule has 0 amide bonds. The van der Waals surface area contributed by atoms with Crippen LogP contribution in [0, 0.1) is 0 Å². The van der Waals surface area contributed by atoms with Gasteiger partial charge in [0.25, 0.3) is 0 Å². The molecule has 0 aromatic heterocycles. The van der Waals surface area contributed by atoms with E-state index in [0.717, 1.165) is 0 Å². The summed E-state index contributed by atoms with van der Waals surface area (Å²) in [6.07, 6.45) is 0.458. The van der Waals surface area contributed by atoms with Gasteiger partial charge in [-0.3, -0.25) is 0 Å². The van der Waals surface area contributed by atoms with Crippen molar-refractivity contribution in [2.24, 2.45) is 0 Å². The van der Waals surface area contributed by atoms with Gasteiger partial charge >= 0.3 is 8.80 Å². The molecule has 0 aromatic carbocycles. The number of rotatable bonds is 7. The summed E-state index contributed by atoms with van der Waals surface area (Å²) in [4.78, 5) is 25.8. The van der Waals surface area contributed by atoms with Crippen molar-refractivity contribution in [2.75, 3.05) is 26.9 Å². The first-order valence-corrected chi connectivity index (χ1v) is 5.85. The van der Waals surface area contributed by atoms with E-state index in [1.165, 1.54) is 0 Å². The van der Waals surface area contributed by atoms with Crippen LogP contribution in [0.25, 0.3) is 0 Å². The molecule has 0 aliphatic rings. The smallest absolute Gasteiger partial charge is 0.412 e. The second-order valence-electron chi connectivity index (χ2n) is 2.48. The lowest BCUT2D eigenvalue weighted by molar-refractivity contribution is 0.0693. The fourth-order valence-corrected chi connectivity index (χ4v) is 1.27. The fourth-order valence-electron chi connectivity index (χ4n) is 0.656. The Morgan fingerprint density at radius 1 is 1.08 bits per heavy atom. The van der Waals surface area contributed by atoms with E-state index in [4.69, 9.17) is 23.9 Å². The van der Waals surface area contributed by atoms with Crippen LogP contribution in [0.15, 0.2) is 0 Å². The zero-order chi connectivity index (χ0) is 9.45. The zero-order valence-corrected chi connectivity index (χ0v) is 8.69. The maximum atomic E-state index is 8.59. The molecule has 0 radical (unpaired) electrons. The predicted molar refractivity (Wildman–Crippen MR) is 48.1 cm³/mol. The monoisotopic (exact) mass is 214 g/mol. The number of methoxy groups -OCH3 is 1. The van der Waals surface area contributed by atoms with Gasteiger partial charge < -0.3 is 29.3 Å². The molecule has 82 valence electrons. The average molecular weight is 214 g/mol. The molecular formula is C6H18O6Si. The van der Waals surface area contributed by atoms with Gasteiger partial charge in [-0.05, 0) is 6.42 Å². The van der Waals surface area contributed by atoms with Gasteiger partial charge in [-0.25, -0.2) is 0 Å². The van der Waals surface area contributed by atoms with E-state index in [1.54, 1.807) is 7.11 Å². The molecule has 0 rings (SSSR count). The summed E-state index contributed by atoms with van der Waals surface area (Å²) >= 11 is 0. The van der Waals surface area contributed by atoms with Crippen molar-refractivity contribution in [3.05, 3.63) is 0 Å². The minimum absolute atomic E-state index is 0. The summed E-state index contributed by atoms with van der Waals surface area (Å²) in [7, 11) is -2.26. The van der Waals surface area contributed by atoms with E-state index in [9.17, 15) is 0 Å². The van der Waals surface area contributed by atoms with Crippen molar-refractivity contribution in [3.8, 4) is 0 Å². The van der Waals surface area contributed by atoms with E-state index >= 15 is 0 Å². The molecule has 0 saturated heterocycles. The summed E-state index contributed by atoms with van der Waals surface area (Å²) in [6, 6.07) is 0.0278. The molecule has 0 heterocycles. The summed E-state index contributed by atoms with van der Waals surface area (Å²) in [5, 5.41) is 0. The normalized spacial score (nSPS) is 11.1. The van der Waals surface area contributed by atoms with E-state index in [0.29, 0.717) is 26.2 Å². The Labute approximate surface area is 78.4 Å². The van der Waals surface area contributed by atoms with Crippen LogP contribution >= 0.6 is 0 Å². The van der Waals surface area contributed by atoms with Gasteiger partial charge in [0.2, 0.25) is 0 Å². The summed E-state index contributed by atoms with van der Waals surface area (Å²) in [5.41, 5.74) is 0. The van der Waals surface area contributed by atoms with Gasteiger partial charge in [0.15, 0.2) is 0 Å². The Balaban J connectivity index is 0. The minimum Gasteiger partial charge on any atom is -0.412 e. The van der Waals surface area contributed by atoms with Crippen LogP contribution in [0.5, 0.6) is 0 Å². The van der Waals surface area contributed by atoms with Gasteiger partial charge in [-0.1, -0.05) is 0 Å². The first-order chi connectivity index (χ1) is 5.56. The van der Waals surface area contributed by atoms with Crippen LogP contribution < -0.4 is 0 Å². The summed E-state index contributed by atoms with van der Waals surface area (Å²) in [6.45, 7) is 1.44. The Morgan fingerprint density at radius 2 is 1.69 bits per heavy atom. The third-order valence-electron chi connectivity index (χ3n) is 1.23. The highest BCUT2D eigenvalue weighted by atomic mass is 28.4. The molecule has 0 atom stereocenters. The number of hydrogen-bond acceptors (Lipinski definition) is 5. The lowest BCUT2D eigenvalue weighted by atomic mass is 10.5. The molecule has 0 spiro atoms. The third-order valence-corrected chi connectivity index (χ3v) is 2.26. The topological polar surface area (TPSA) is 111 Å². The van der Waals surface area contributed by atoms with Crippen LogP contribution in [-0.2, 0) is 9.47 Å². The lowest BCUT2D eigenvalue weighted by Gasteiger charge is -2.08. The van der Waals surface area contributed by atoms with Crippen LogP contribution in [0.4, 0.5) is 0 Å². The van der Waals surface area contributed by atoms with Crippen molar-refractivity contribution in [3.63, 3.8) is 0 Å². The van der Waals surface area contributed by atoms with Crippen LogP contribution in [0.2, 0.25) is 6.04 Å². The van der Waals surface area contributed by atoms with Crippen LogP contribution in [0.1, 0.15) is 6.42 Å². The Hall–Kier alpha value is -0.0231. The summed E-state index contributed by atoms with van der Waals surface area (Å²) < 4.78 is 9.76. The maximum absolute atomic E-state index is 8.59. The lowest BCUT2D eigenvalue weighted by Crippen LogP contribution is -2.34. The Bertz CT molecular complexity index is 104. The van der Waals surface area contributed by atoms with Crippen LogP contribution in [-0.4, -0.2) is 55.6 Å². The molecule has 7 heteroatoms. The molecule has 0 unspecified atom stereocenters. The number of ether oxygens (including phenoxy) is 2. The average Bonchev–Trinajstić information content (AvgIpc) is 1.94. The SMILES string of the molecule is COCCOCCC[Si](O)(O)O.O. The minimum atomic E-state index is -3.84. The van der Waals surface area contributed by atoms with Gasteiger partial charge in [0, 0.05) is 19.8 Å². The standard InChI is InChI=1S/C6H16O5Si.H2O/c1-10-4-5-11-3-2-6-12(7,8)9;/h7-9H,2-6H2,1H3;1H2. The molecule has 13 heavy (non-hydrogen) atoms. The second-order valence-corrected chi connectivity index (χ2v) is 4.53. The van der Waals surface area contributed by atoms with Gasteiger partial charge in [0.05, 0.1) is 13.2 Å². The fraction of sp³-hybridized carbons (Fsp3) is 1.00. The van der Waals surface area contributed by atoms with E-state index in [1.807, 2.05) is 0 Å². The van der Waals surface area contributed by atoms with Crippen molar-refractivity contribution in [1.82, 2.24) is 0 Å². The van der Waals surface area contributed by atoms with Crippen molar-refractivity contribution >= 4 is 8.80 Å². The maximum Gasteiger partial charge on any atom is 0.492 e. The molecule has 5 N–H and O–H groups in total. The Morgan fingerprint density at radius 3 is 2.15 bits per heavy atom. The molecule has 0 aliphatic heterocycles. The van der Waals surface area contributed by atoms with Crippen molar-refractivity contribution < 1.29 is 29.3 Å². The van der Waals surface area contributed by atoms with Gasteiger partial charge in [-0.2, -0.15) is 0 Å². The van der Waals surface area contributed by atoms with E-state index < -0.39 is 8.80 Å². The number of hydrogen-bond donors (Lipinski definition) is 3. The van der Waals surface area contributed by atoms with Crippen LogP contribution in [0.3, 0.4) is 0 Å². The van der Waals surface area contributed by atoms with E-state index in [2.05, 4.69) is 0 Å². The second kappa shape index (κ2) is 8.57. The van der Waals surface area contributed by atoms with Crippen molar-refractivity contribution in [2.45, 2.75) is 12.5 Å². The molecule has 0 fully saturated rings. The molecule has 0 aliphatic carbocycles. The zero-order valence-electron chi connectivity index (χ0n) is 7.69. The highest BCUT2D eigenvalue weighted by Gasteiger charge is 2.25. The Kier molecular flexibility index (Phi) is 10.2. The molecule has 0 aromatic rings. The third kappa shape index (κ3) is 14.8. The predicted octanol–water partition coefficient (Wildman–Crippen LogP) is -1.87. The summed E-state index contributed by atoms with van der Waals surface area (Å²) in [5.74, 6) is 0. The van der Waals surface area contributed by atoms with E-state index in [-0.39, 0.29) is 11.5 Å². The highest BCUT2D eigenvalue weighted by molar-refractivity contribution is 6.56. The molecule has 0 saturated carbocycles. The quantitative estimate of drug-likeness (QED) is 0.340. The molecular weight excluding hydrogens is 196 g/mol. The van der Waals surface area contributed by atoms with Crippen molar-refractivity contribution in [1.29, 1.82) is 0 Å². The molecule has 0 bridgehead atoms. The first kappa shape index (κ1) is 15.4. The first-order valence-electron chi connectivity index (χ1n) is 3.80. The largest absolute Gasteiger partial charge is 0.492 e.